The minimum absolute atomic E-state index is 0.423. The highest BCUT2D eigenvalue weighted by molar-refractivity contribution is 5.90. The van der Waals surface area contributed by atoms with Crippen LogP contribution in [0.15, 0.2) is 73.1 Å². The second-order valence-corrected chi connectivity index (χ2v) is 5.97. The molecule has 0 aliphatic rings. The van der Waals surface area contributed by atoms with E-state index in [1.54, 1.807) is 35.1 Å². The van der Waals surface area contributed by atoms with Gasteiger partial charge in [-0.05, 0) is 23.1 Å². The molecule has 0 atom stereocenters. The summed E-state index contributed by atoms with van der Waals surface area (Å²) in [5.41, 5.74) is 0.392. The van der Waals surface area contributed by atoms with Crippen LogP contribution in [0.25, 0.3) is 0 Å². The number of carbonyl (C=O) groups is 1. The van der Waals surface area contributed by atoms with Gasteiger partial charge in [0.25, 0.3) is 5.91 Å². The van der Waals surface area contributed by atoms with Crippen molar-refractivity contribution in [3.05, 3.63) is 89.7 Å². The van der Waals surface area contributed by atoms with E-state index >= 15 is 0 Å². The van der Waals surface area contributed by atoms with Gasteiger partial charge in [-0.25, -0.2) is 0 Å². The smallest absolute Gasteiger partial charge is 0.261 e. The predicted molar refractivity (Wildman–Crippen MR) is 95.8 cm³/mol. The van der Waals surface area contributed by atoms with Crippen LogP contribution in [-0.2, 0) is 23.9 Å². The fourth-order valence-corrected chi connectivity index (χ4v) is 2.84. The molecule has 0 saturated heterocycles. The van der Waals surface area contributed by atoms with E-state index in [0.29, 0.717) is 24.1 Å². The molecular weight excluding hydrogens is 314 g/mol. The molecule has 2 aromatic carbocycles. The lowest BCUT2D eigenvalue weighted by atomic mass is 9.85. The first-order valence-corrected chi connectivity index (χ1v) is 8.20. The molecule has 0 saturated carbocycles. The Morgan fingerprint density at radius 2 is 1.64 bits per heavy atom. The lowest BCUT2D eigenvalue weighted by molar-refractivity contribution is -0.136. The van der Waals surface area contributed by atoms with Crippen molar-refractivity contribution >= 4 is 5.91 Å². The van der Waals surface area contributed by atoms with Gasteiger partial charge in [-0.1, -0.05) is 60.7 Å². The van der Waals surface area contributed by atoms with E-state index in [-0.39, 0.29) is 0 Å². The zero-order valence-corrected chi connectivity index (χ0v) is 14.1. The van der Waals surface area contributed by atoms with Gasteiger partial charge in [-0.2, -0.15) is 5.10 Å². The highest BCUT2D eigenvalue weighted by Gasteiger charge is 2.39. The first kappa shape index (κ1) is 16.9. The first-order valence-electron chi connectivity index (χ1n) is 8.20. The molecule has 25 heavy (non-hydrogen) atoms. The van der Waals surface area contributed by atoms with Gasteiger partial charge in [0, 0.05) is 19.8 Å². The van der Waals surface area contributed by atoms with Crippen LogP contribution in [-0.4, -0.2) is 27.3 Å². The van der Waals surface area contributed by atoms with E-state index in [2.05, 4.69) is 10.4 Å². The maximum absolute atomic E-state index is 12.9. The second-order valence-electron chi connectivity index (χ2n) is 5.97. The molecule has 0 bridgehead atoms. The van der Waals surface area contributed by atoms with E-state index in [9.17, 15) is 9.90 Å². The molecule has 0 aliphatic carbocycles. The molecule has 5 nitrogen and oxygen atoms in total. The molecule has 0 radical (unpaired) electrons. The van der Waals surface area contributed by atoms with Gasteiger partial charge in [-0.15, -0.1) is 0 Å². The lowest BCUT2D eigenvalue weighted by Crippen LogP contribution is -2.46. The predicted octanol–water partition coefficient (Wildman–Crippen LogP) is 2.01. The van der Waals surface area contributed by atoms with Crippen molar-refractivity contribution in [1.29, 1.82) is 0 Å². The highest BCUT2D eigenvalue weighted by atomic mass is 16.3. The SMILES string of the molecule is Cn1cc(CCNC(=O)C(O)(c2ccccc2)c2ccccc2)cn1. The third-order valence-electron chi connectivity index (χ3n) is 4.17. The Balaban J connectivity index is 1.81. The summed E-state index contributed by atoms with van der Waals surface area (Å²) >= 11 is 0. The molecule has 1 heterocycles. The molecule has 0 fully saturated rings. The van der Waals surface area contributed by atoms with E-state index in [0.717, 1.165) is 5.56 Å². The Labute approximate surface area is 146 Å². The van der Waals surface area contributed by atoms with Gasteiger partial charge in [0.2, 0.25) is 0 Å². The summed E-state index contributed by atoms with van der Waals surface area (Å²) in [7, 11) is 1.85. The first-order chi connectivity index (χ1) is 12.1. The number of carbonyl (C=O) groups excluding carboxylic acids is 1. The minimum Gasteiger partial charge on any atom is -0.372 e. The van der Waals surface area contributed by atoms with Crippen LogP contribution >= 0.6 is 0 Å². The lowest BCUT2D eigenvalue weighted by Gasteiger charge is -2.28. The molecule has 1 aromatic heterocycles. The molecular formula is C20H21N3O2. The number of benzene rings is 2. The monoisotopic (exact) mass is 335 g/mol. The van der Waals surface area contributed by atoms with Crippen molar-refractivity contribution in [2.24, 2.45) is 7.05 Å². The van der Waals surface area contributed by atoms with Crippen LogP contribution in [0, 0.1) is 0 Å². The number of aliphatic hydroxyl groups is 1. The average molecular weight is 335 g/mol. The number of aromatic nitrogens is 2. The summed E-state index contributed by atoms with van der Waals surface area (Å²) in [6, 6.07) is 18.0. The normalized spacial score (nSPS) is 11.3. The molecule has 3 aromatic rings. The van der Waals surface area contributed by atoms with Crippen LogP contribution in [0.2, 0.25) is 0 Å². The highest BCUT2D eigenvalue weighted by Crippen LogP contribution is 2.29. The maximum atomic E-state index is 12.9. The average Bonchev–Trinajstić information content (AvgIpc) is 3.07. The van der Waals surface area contributed by atoms with Crippen LogP contribution in [0.4, 0.5) is 0 Å². The summed E-state index contributed by atoms with van der Waals surface area (Å²) in [4.78, 5) is 12.9. The minimum atomic E-state index is -1.72. The summed E-state index contributed by atoms with van der Waals surface area (Å²) in [6.07, 6.45) is 4.33. The summed E-state index contributed by atoms with van der Waals surface area (Å²) < 4.78 is 1.72. The Morgan fingerprint density at radius 1 is 1.08 bits per heavy atom. The summed E-state index contributed by atoms with van der Waals surface area (Å²) in [5.74, 6) is -0.436. The topological polar surface area (TPSA) is 67.2 Å². The summed E-state index contributed by atoms with van der Waals surface area (Å²) in [6.45, 7) is 0.423. The van der Waals surface area contributed by atoms with Crippen molar-refractivity contribution < 1.29 is 9.90 Å². The number of aryl methyl sites for hydroxylation is 1. The fraction of sp³-hybridized carbons (Fsp3) is 0.200. The van der Waals surface area contributed by atoms with Gasteiger partial charge in [0.1, 0.15) is 0 Å². The van der Waals surface area contributed by atoms with Crippen molar-refractivity contribution in [3.63, 3.8) is 0 Å². The van der Waals surface area contributed by atoms with Gasteiger partial charge in [-0.3, -0.25) is 9.48 Å². The molecule has 0 aliphatic heterocycles. The van der Waals surface area contributed by atoms with Crippen molar-refractivity contribution in [1.82, 2.24) is 15.1 Å². The number of nitrogens with one attached hydrogen (secondary N) is 1. The Morgan fingerprint density at radius 3 is 2.12 bits per heavy atom. The van der Waals surface area contributed by atoms with Gasteiger partial charge in [0.05, 0.1) is 6.20 Å². The number of nitrogens with zero attached hydrogens (tertiary/aromatic N) is 2. The van der Waals surface area contributed by atoms with Crippen LogP contribution in [0.5, 0.6) is 0 Å². The van der Waals surface area contributed by atoms with Crippen LogP contribution < -0.4 is 5.32 Å². The molecule has 3 rings (SSSR count). The molecule has 0 unspecified atom stereocenters. The zero-order valence-electron chi connectivity index (χ0n) is 14.1. The Hall–Kier alpha value is -2.92. The quantitative estimate of drug-likeness (QED) is 0.724. The molecule has 2 N–H and O–H groups in total. The standard InChI is InChI=1S/C20H21N3O2/c1-23-15-16(14-22-23)12-13-21-19(24)20(25,17-8-4-2-5-9-17)18-10-6-3-7-11-18/h2-11,14-15,25H,12-13H2,1H3,(H,21,24). The van der Waals surface area contributed by atoms with E-state index < -0.39 is 11.5 Å². The molecule has 5 heteroatoms. The number of amides is 1. The second kappa shape index (κ2) is 7.32. The van der Waals surface area contributed by atoms with Crippen LogP contribution in [0.3, 0.4) is 0 Å². The van der Waals surface area contributed by atoms with E-state index in [1.165, 1.54) is 0 Å². The number of hydrogen-bond acceptors (Lipinski definition) is 3. The van der Waals surface area contributed by atoms with Gasteiger partial charge < -0.3 is 10.4 Å². The van der Waals surface area contributed by atoms with Crippen LogP contribution in [0.1, 0.15) is 16.7 Å². The van der Waals surface area contributed by atoms with E-state index in [1.807, 2.05) is 49.6 Å². The van der Waals surface area contributed by atoms with Gasteiger partial charge in [0.15, 0.2) is 5.60 Å². The van der Waals surface area contributed by atoms with Gasteiger partial charge >= 0.3 is 0 Å². The number of rotatable bonds is 6. The molecule has 0 spiro atoms. The van der Waals surface area contributed by atoms with Crippen molar-refractivity contribution in [2.75, 3.05) is 6.54 Å². The molecule has 1 amide bonds. The fourth-order valence-electron chi connectivity index (χ4n) is 2.84. The van der Waals surface area contributed by atoms with Crippen molar-refractivity contribution in [3.8, 4) is 0 Å². The third-order valence-corrected chi connectivity index (χ3v) is 4.17. The third kappa shape index (κ3) is 3.61. The van der Waals surface area contributed by atoms with E-state index in [4.69, 9.17) is 0 Å². The number of hydrogen-bond donors (Lipinski definition) is 2. The summed E-state index contributed by atoms with van der Waals surface area (Å²) in [5, 5.41) is 18.3. The maximum Gasteiger partial charge on any atom is 0.261 e. The van der Waals surface area contributed by atoms with Crippen molar-refractivity contribution in [2.45, 2.75) is 12.0 Å². The Kier molecular flexibility index (Phi) is 4.95. The zero-order chi connectivity index (χ0) is 17.7. The largest absolute Gasteiger partial charge is 0.372 e. The Bertz CT molecular complexity index is 789. The molecule has 128 valence electrons.